The molecule has 4 nitrogen and oxygen atoms in total. The maximum atomic E-state index is 13.7. The second kappa shape index (κ2) is 8.95. The predicted molar refractivity (Wildman–Crippen MR) is 134 cm³/mol. The van der Waals surface area contributed by atoms with E-state index in [9.17, 15) is 4.79 Å². The molecule has 1 heterocycles. The quantitative estimate of drug-likeness (QED) is 0.437. The Labute approximate surface area is 199 Å². The molecule has 5 rings (SSSR count). The molecule has 168 valence electrons. The van der Waals surface area contributed by atoms with E-state index in [0.29, 0.717) is 17.9 Å². The Morgan fingerprint density at radius 3 is 2.30 bits per heavy atom. The van der Waals surface area contributed by atoms with Crippen molar-refractivity contribution in [2.75, 3.05) is 10.6 Å². The number of benzene rings is 3. The van der Waals surface area contributed by atoms with Crippen molar-refractivity contribution in [2.45, 2.75) is 44.8 Å². The Balaban J connectivity index is 1.63. The predicted octanol–water partition coefficient (Wildman–Crippen LogP) is 7.11. The van der Waals surface area contributed by atoms with Gasteiger partial charge in [-0.15, -0.1) is 0 Å². The Kier molecular flexibility index (Phi) is 5.86. The molecule has 5 heteroatoms. The molecule has 0 aromatic heterocycles. The van der Waals surface area contributed by atoms with Gasteiger partial charge in [-0.05, 0) is 56.0 Å². The SMILES string of the molecule is CC(C)Oc1ccccc1[C@@H]1Nc2ccccc2NC2=C1C(=O)C[C@@H](c1ccccc1Cl)C2. The fraction of sp³-hybridized carbons (Fsp3) is 0.250. The molecule has 0 unspecified atom stereocenters. The van der Waals surface area contributed by atoms with Gasteiger partial charge < -0.3 is 15.4 Å². The van der Waals surface area contributed by atoms with Gasteiger partial charge in [0.2, 0.25) is 0 Å². The summed E-state index contributed by atoms with van der Waals surface area (Å²) < 4.78 is 6.14. The van der Waals surface area contributed by atoms with Crippen LogP contribution in [0.1, 0.15) is 49.8 Å². The van der Waals surface area contributed by atoms with Gasteiger partial charge in [0.15, 0.2) is 5.78 Å². The molecule has 0 saturated carbocycles. The number of Topliss-reactive ketones (excluding diaryl/α,β-unsaturated/α-hetero) is 1. The number of halogens is 1. The zero-order chi connectivity index (χ0) is 22.9. The Morgan fingerprint density at radius 2 is 1.55 bits per heavy atom. The number of ketones is 1. The number of ether oxygens (including phenoxy) is 1. The number of fused-ring (bicyclic) bond motifs is 1. The molecular formula is C28H27ClN2O2. The first-order valence-electron chi connectivity index (χ1n) is 11.4. The van der Waals surface area contributed by atoms with Gasteiger partial charge in [-0.2, -0.15) is 0 Å². The second-order valence-corrected chi connectivity index (χ2v) is 9.30. The third kappa shape index (κ3) is 4.23. The first kappa shape index (κ1) is 21.6. The van der Waals surface area contributed by atoms with E-state index in [4.69, 9.17) is 16.3 Å². The van der Waals surface area contributed by atoms with Crippen LogP contribution in [0.3, 0.4) is 0 Å². The molecule has 0 fully saturated rings. The van der Waals surface area contributed by atoms with E-state index in [2.05, 4.69) is 10.6 Å². The van der Waals surface area contributed by atoms with Crippen LogP contribution in [0.2, 0.25) is 5.02 Å². The summed E-state index contributed by atoms with van der Waals surface area (Å²) >= 11 is 6.51. The third-order valence-electron chi connectivity index (χ3n) is 6.25. The molecule has 0 bridgehead atoms. The number of carbonyl (C=O) groups is 1. The highest BCUT2D eigenvalue weighted by molar-refractivity contribution is 6.31. The number of rotatable bonds is 4. The lowest BCUT2D eigenvalue weighted by Gasteiger charge is -2.31. The topological polar surface area (TPSA) is 50.4 Å². The molecule has 2 atom stereocenters. The van der Waals surface area contributed by atoms with Crippen molar-refractivity contribution in [2.24, 2.45) is 0 Å². The van der Waals surface area contributed by atoms with E-state index in [1.54, 1.807) is 0 Å². The average Bonchev–Trinajstić information content (AvgIpc) is 2.96. The van der Waals surface area contributed by atoms with Gasteiger partial charge in [0, 0.05) is 28.3 Å². The molecule has 2 aliphatic rings. The number of allylic oxidation sites excluding steroid dienone is 1. The van der Waals surface area contributed by atoms with E-state index >= 15 is 0 Å². The first-order chi connectivity index (χ1) is 16.0. The summed E-state index contributed by atoms with van der Waals surface area (Å²) in [6.07, 6.45) is 1.17. The standard InChI is InChI=1S/C28H27ClN2O2/c1-17(2)33-26-14-8-4-10-20(26)28-27-24(30-22-12-6-7-13-23(22)31-28)15-18(16-25(27)32)19-9-3-5-11-21(19)29/h3-14,17-18,28,30-31H,15-16H2,1-2H3/t18-,28-/m0/s1. The third-order valence-corrected chi connectivity index (χ3v) is 6.59. The summed E-state index contributed by atoms with van der Waals surface area (Å²) in [5.74, 6) is 0.945. The van der Waals surface area contributed by atoms with Crippen molar-refractivity contribution >= 4 is 28.8 Å². The van der Waals surface area contributed by atoms with Crippen molar-refractivity contribution < 1.29 is 9.53 Å². The van der Waals surface area contributed by atoms with Crippen LogP contribution in [0.15, 0.2) is 84.1 Å². The summed E-state index contributed by atoms with van der Waals surface area (Å²) in [6.45, 7) is 4.03. The van der Waals surface area contributed by atoms with Gasteiger partial charge in [0.05, 0.1) is 23.5 Å². The Hall–Kier alpha value is -3.24. The number of carbonyl (C=O) groups excluding carboxylic acids is 1. The normalized spacial score (nSPS) is 19.8. The van der Waals surface area contributed by atoms with Gasteiger partial charge in [0.1, 0.15) is 5.75 Å². The number of anilines is 2. The molecule has 1 aliphatic carbocycles. The average molecular weight is 459 g/mol. The molecule has 2 N–H and O–H groups in total. The van der Waals surface area contributed by atoms with Gasteiger partial charge in [-0.25, -0.2) is 0 Å². The van der Waals surface area contributed by atoms with Crippen LogP contribution in [0, 0.1) is 0 Å². The zero-order valence-corrected chi connectivity index (χ0v) is 19.5. The van der Waals surface area contributed by atoms with Crippen LogP contribution in [0.5, 0.6) is 5.75 Å². The van der Waals surface area contributed by atoms with Crippen LogP contribution in [-0.2, 0) is 4.79 Å². The van der Waals surface area contributed by atoms with Gasteiger partial charge in [-0.3, -0.25) is 4.79 Å². The maximum Gasteiger partial charge on any atom is 0.163 e. The molecular weight excluding hydrogens is 432 g/mol. The lowest BCUT2D eigenvalue weighted by atomic mass is 9.78. The van der Waals surface area contributed by atoms with E-state index in [1.165, 1.54) is 0 Å². The van der Waals surface area contributed by atoms with E-state index < -0.39 is 0 Å². The zero-order valence-electron chi connectivity index (χ0n) is 18.8. The van der Waals surface area contributed by atoms with Crippen LogP contribution >= 0.6 is 11.6 Å². The van der Waals surface area contributed by atoms with Gasteiger partial charge in [-0.1, -0.05) is 60.1 Å². The summed E-state index contributed by atoms with van der Waals surface area (Å²) in [5, 5.41) is 7.93. The van der Waals surface area contributed by atoms with Crippen LogP contribution in [0.4, 0.5) is 11.4 Å². The summed E-state index contributed by atoms with van der Waals surface area (Å²) in [7, 11) is 0. The highest BCUT2D eigenvalue weighted by Crippen LogP contribution is 2.46. The van der Waals surface area contributed by atoms with Crippen LogP contribution < -0.4 is 15.4 Å². The molecule has 1 aliphatic heterocycles. The van der Waals surface area contributed by atoms with Crippen molar-refractivity contribution in [3.05, 3.63) is 100 Å². The number of para-hydroxylation sites is 3. The number of hydrogen-bond donors (Lipinski definition) is 2. The monoisotopic (exact) mass is 458 g/mol. The highest BCUT2D eigenvalue weighted by atomic mass is 35.5. The molecule has 0 saturated heterocycles. The summed E-state index contributed by atoms with van der Waals surface area (Å²) in [6, 6.07) is 23.6. The van der Waals surface area contributed by atoms with E-state index in [1.807, 2.05) is 86.6 Å². The molecule has 3 aromatic carbocycles. The van der Waals surface area contributed by atoms with E-state index in [0.717, 1.165) is 39.5 Å². The fourth-order valence-electron chi connectivity index (χ4n) is 4.83. The van der Waals surface area contributed by atoms with Crippen molar-refractivity contribution in [3.8, 4) is 5.75 Å². The maximum absolute atomic E-state index is 13.7. The van der Waals surface area contributed by atoms with Gasteiger partial charge >= 0.3 is 0 Å². The Bertz CT molecular complexity index is 1230. The number of nitrogens with one attached hydrogen (secondary N) is 2. The summed E-state index contributed by atoms with van der Waals surface area (Å²) in [4.78, 5) is 13.7. The minimum atomic E-state index is -0.314. The smallest absolute Gasteiger partial charge is 0.163 e. The molecule has 3 aromatic rings. The van der Waals surface area contributed by atoms with E-state index in [-0.39, 0.29) is 23.8 Å². The van der Waals surface area contributed by atoms with Crippen molar-refractivity contribution in [1.29, 1.82) is 0 Å². The van der Waals surface area contributed by atoms with Crippen molar-refractivity contribution in [3.63, 3.8) is 0 Å². The lowest BCUT2D eigenvalue weighted by Crippen LogP contribution is -2.27. The lowest BCUT2D eigenvalue weighted by molar-refractivity contribution is -0.116. The fourth-order valence-corrected chi connectivity index (χ4v) is 5.12. The largest absolute Gasteiger partial charge is 0.491 e. The number of hydrogen-bond acceptors (Lipinski definition) is 4. The van der Waals surface area contributed by atoms with Gasteiger partial charge in [0.25, 0.3) is 0 Å². The second-order valence-electron chi connectivity index (χ2n) is 8.89. The molecule has 0 radical (unpaired) electrons. The van der Waals surface area contributed by atoms with Crippen LogP contribution in [0.25, 0.3) is 0 Å². The minimum Gasteiger partial charge on any atom is -0.491 e. The minimum absolute atomic E-state index is 0.0300. The summed E-state index contributed by atoms with van der Waals surface area (Å²) in [5.41, 5.74) is 5.61. The van der Waals surface area contributed by atoms with Crippen molar-refractivity contribution in [1.82, 2.24) is 0 Å². The molecule has 33 heavy (non-hydrogen) atoms. The first-order valence-corrected chi connectivity index (χ1v) is 11.8. The molecule has 0 spiro atoms. The Morgan fingerprint density at radius 1 is 0.879 bits per heavy atom. The van der Waals surface area contributed by atoms with Crippen LogP contribution in [-0.4, -0.2) is 11.9 Å². The molecule has 0 amide bonds. The highest BCUT2D eigenvalue weighted by Gasteiger charge is 2.37.